The minimum absolute atomic E-state index is 0.496. The second-order valence-electron chi connectivity index (χ2n) is 2.59. The van der Waals surface area contributed by atoms with Crippen molar-refractivity contribution in [1.82, 2.24) is 9.97 Å². The van der Waals surface area contributed by atoms with E-state index in [2.05, 4.69) is 9.97 Å². The number of nitrogen functional groups attached to an aromatic ring is 1. The van der Waals surface area contributed by atoms with Crippen molar-refractivity contribution >= 4 is 11.6 Å². The zero-order valence-corrected chi connectivity index (χ0v) is 7.00. The van der Waals surface area contributed by atoms with Crippen LogP contribution >= 0.6 is 0 Å². The van der Waals surface area contributed by atoms with Gasteiger partial charge in [-0.3, -0.25) is 0 Å². The van der Waals surface area contributed by atoms with Crippen LogP contribution < -0.4 is 10.6 Å². The molecule has 0 radical (unpaired) electrons. The Morgan fingerprint density at radius 3 is 2.55 bits per heavy atom. The molecule has 0 fully saturated rings. The Morgan fingerprint density at radius 2 is 2.09 bits per heavy atom. The highest BCUT2D eigenvalue weighted by molar-refractivity contribution is 5.42. The number of anilines is 2. The average molecular weight is 152 g/mol. The Bertz CT molecular complexity index is 257. The number of hydrogen-bond acceptors (Lipinski definition) is 4. The van der Waals surface area contributed by atoms with Gasteiger partial charge in [0, 0.05) is 14.1 Å². The monoisotopic (exact) mass is 152 g/mol. The highest BCUT2D eigenvalue weighted by Crippen LogP contribution is 2.09. The maximum Gasteiger partial charge on any atom is 0.147 e. The van der Waals surface area contributed by atoms with Crippen molar-refractivity contribution in [1.29, 1.82) is 0 Å². The summed E-state index contributed by atoms with van der Waals surface area (Å²) in [5.74, 6) is 1.33. The van der Waals surface area contributed by atoms with Crippen molar-refractivity contribution in [2.75, 3.05) is 24.7 Å². The van der Waals surface area contributed by atoms with Gasteiger partial charge >= 0.3 is 0 Å². The first-order valence-electron chi connectivity index (χ1n) is 3.37. The molecule has 4 nitrogen and oxygen atoms in total. The van der Waals surface area contributed by atoms with Crippen LogP contribution in [0.15, 0.2) is 6.20 Å². The van der Waals surface area contributed by atoms with E-state index in [4.69, 9.17) is 5.73 Å². The maximum atomic E-state index is 5.50. The molecule has 1 rings (SSSR count). The van der Waals surface area contributed by atoms with Gasteiger partial charge in [0.25, 0.3) is 0 Å². The van der Waals surface area contributed by atoms with Crippen molar-refractivity contribution in [3.8, 4) is 0 Å². The molecular formula is C7H12N4. The molecule has 0 aliphatic carbocycles. The third kappa shape index (κ3) is 1.58. The van der Waals surface area contributed by atoms with Crippen molar-refractivity contribution in [3.63, 3.8) is 0 Å². The van der Waals surface area contributed by atoms with E-state index in [0.29, 0.717) is 5.82 Å². The lowest BCUT2D eigenvalue weighted by molar-refractivity contribution is 1.02. The lowest BCUT2D eigenvalue weighted by Crippen LogP contribution is -2.12. The molecular weight excluding hydrogens is 140 g/mol. The summed E-state index contributed by atoms with van der Waals surface area (Å²) in [5.41, 5.74) is 6.27. The van der Waals surface area contributed by atoms with E-state index in [1.807, 2.05) is 25.9 Å². The highest BCUT2D eigenvalue weighted by Gasteiger charge is 1.99. The van der Waals surface area contributed by atoms with Gasteiger partial charge in [-0.1, -0.05) is 0 Å². The fourth-order valence-electron chi connectivity index (χ4n) is 0.694. The summed E-state index contributed by atoms with van der Waals surface area (Å²) in [5, 5.41) is 0. The van der Waals surface area contributed by atoms with Crippen molar-refractivity contribution < 1.29 is 0 Å². The summed E-state index contributed by atoms with van der Waals surface area (Å²) in [4.78, 5) is 10.1. The van der Waals surface area contributed by atoms with Gasteiger partial charge in [0.15, 0.2) is 0 Å². The zero-order valence-electron chi connectivity index (χ0n) is 7.00. The lowest BCUT2D eigenvalue weighted by Gasteiger charge is -2.11. The Hall–Kier alpha value is -1.32. The van der Waals surface area contributed by atoms with Crippen LogP contribution in [0.4, 0.5) is 11.6 Å². The zero-order chi connectivity index (χ0) is 8.43. The second-order valence-corrected chi connectivity index (χ2v) is 2.59. The smallest absolute Gasteiger partial charge is 0.147 e. The summed E-state index contributed by atoms with van der Waals surface area (Å²) in [6.07, 6.45) is 1.66. The van der Waals surface area contributed by atoms with Crippen LogP contribution in [-0.4, -0.2) is 24.1 Å². The van der Waals surface area contributed by atoms with Crippen molar-refractivity contribution in [2.45, 2.75) is 6.92 Å². The molecule has 0 aromatic carbocycles. The standard InChI is InChI=1S/C7H12N4/c1-5-7(8)9-4-6(10-5)11(2)3/h4H,1-3H3,(H2,8,9). The first kappa shape index (κ1) is 7.78. The van der Waals surface area contributed by atoms with Crippen LogP contribution in [0.25, 0.3) is 0 Å². The van der Waals surface area contributed by atoms with Crippen LogP contribution in [0.3, 0.4) is 0 Å². The molecule has 1 heterocycles. The summed E-state index contributed by atoms with van der Waals surface area (Å²) in [6, 6.07) is 0. The van der Waals surface area contributed by atoms with Gasteiger partial charge in [-0.2, -0.15) is 0 Å². The topological polar surface area (TPSA) is 55.0 Å². The molecule has 0 unspecified atom stereocenters. The molecule has 2 N–H and O–H groups in total. The molecule has 0 bridgehead atoms. The van der Waals surface area contributed by atoms with Crippen molar-refractivity contribution in [2.24, 2.45) is 0 Å². The van der Waals surface area contributed by atoms with Crippen LogP contribution in [0.5, 0.6) is 0 Å². The number of aryl methyl sites for hydroxylation is 1. The normalized spacial score (nSPS) is 9.73. The maximum absolute atomic E-state index is 5.50. The molecule has 4 heteroatoms. The third-order valence-electron chi connectivity index (χ3n) is 1.43. The molecule has 0 aliphatic heterocycles. The van der Waals surface area contributed by atoms with E-state index >= 15 is 0 Å². The average Bonchev–Trinajstić information content (AvgIpc) is 1.94. The summed E-state index contributed by atoms with van der Waals surface area (Å²) in [6.45, 7) is 1.84. The van der Waals surface area contributed by atoms with Gasteiger partial charge in [0.2, 0.25) is 0 Å². The highest BCUT2D eigenvalue weighted by atomic mass is 15.1. The fourth-order valence-corrected chi connectivity index (χ4v) is 0.694. The molecule has 1 aromatic heterocycles. The Balaban J connectivity index is 3.05. The molecule has 0 spiro atoms. The minimum atomic E-state index is 0.496. The van der Waals surface area contributed by atoms with Crippen LogP contribution in [0.2, 0.25) is 0 Å². The summed E-state index contributed by atoms with van der Waals surface area (Å²) in [7, 11) is 3.83. The van der Waals surface area contributed by atoms with Gasteiger partial charge in [-0.25, -0.2) is 9.97 Å². The first-order valence-corrected chi connectivity index (χ1v) is 3.37. The molecule has 0 saturated heterocycles. The first-order chi connectivity index (χ1) is 5.11. The molecule has 0 atom stereocenters. The quantitative estimate of drug-likeness (QED) is 0.634. The Kier molecular flexibility index (Phi) is 1.94. The van der Waals surface area contributed by atoms with Crippen LogP contribution in [0.1, 0.15) is 5.69 Å². The van der Waals surface area contributed by atoms with Gasteiger partial charge in [-0.15, -0.1) is 0 Å². The summed E-state index contributed by atoms with van der Waals surface area (Å²) >= 11 is 0. The third-order valence-corrected chi connectivity index (χ3v) is 1.43. The number of rotatable bonds is 1. The van der Waals surface area contributed by atoms with Crippen LogP contribution in [0, 0.1) is 6.92 Å². The van der Waals surface area contributed by atoms with Crippen molar-refractivity contribution in [3.05, 3.63) is 11.9 Å². The van der Waals surface area contributed by atoms with E-state index < -0.39 is 0 Å². The number of nitrogens with two attached hydrogens (primary N) is 1. The number of hydrogen-bond donors (Lipinski definition) is 1. The Labute approximate surface area is 66.1 Å². The molecule has 11 heavy (non-hydrogen) atoms. The van der Waals surface area contributed by atoms with E-state index in [9.17, 15) is 0 Å². The van der Waals surface area contributed by atoms with Gasteiger partial charge in [0.05, 0.1) is 11.9 Å². The van der Waals surface area contributed by atoms with Gasteiger partial charge in [-0.05, 0) is 6.92 Å². The van der Waals surface area contributed by atoms with E-state index in [-0.39, 0.29) is 0 Å². The minimum Gasteiger partial charge on any atom is -0.382 e. The second kappa shape index (κ2) is 2.74. The fraction of sp³-hybridized carbons (Fsp3) is 0.429. The lowest BCUT2D eigenvalue weighted by atomic mass is 10.4. The van der Waals surface area contributed by atoms with Gasteiger partial charge in [0.1, 0.15) is 11.6 Å². The van der Waals surface area contributed by atoms with Crippen LogP contribution in [-0.2, 0) is 0 Å². The molecule has 0 aliphatic rings. The van der Waals surface area contributed by atoms with E-state index in [1.54, 1.807) is 6.20 Å². The number of nitrogens with zero attached hydrogens (tertiary/aromatic N) is 3. The largest absolute Gasteiger partial charge is 0.382 e. The molecule has 0 amide bonds. The van der Waals surface area contributed by atoms with E-state index in [1.165, 1.54) is 0 Å². The predicted molar refractivity (Wildman–Crippen MR) is 45.5 cm³/mol. The molecule has 60 valence electrons. The predicted octanol–water partition coefficient (Wildman–Crippen LogP) is 0.433. The molecule has 0 saturated carbocycles. The van der Waals surface area contributed by atoms with Gasteiger partial charge < -0.3 is 10.6 Å². The van der Waals surface area contributed by atoms with E-state index in [0.717, 1.165) is 11.5 Å². The summed E-state index contributed by atoms with van der Waals surface area (Å²) < 4.78 is 0. The number of aromatic nitrogens is 2. The SMILES string of the molecule is Cc1nc(N(C)C)cnc1N. The Morgan fingerprint density at radius 1 is 1.45 bits per heavy atom. The molecule has 1 aromatic rings.